The second kappa shape index (κ2) is 5.03. The van der Waals surface area contributed by atoms with Crippen LogP contribution in [-0.2, 0) is 6.54 Å². The molecular formula is C11H15BrN2O2. The molecule has 1 aromatic rings. The molecule has 1 saturated heterocycles. The van der Waals surface area contributed by atoms with Crippen LogP contribution in [0, 0.1) is 0 Å². The van der Waals surface area contributed by atoms with Crippen LogP contribution in [0.4, 0.5) is 0 Å². The van der Waals surface area contributed by atoms with Gasteiger partial charge in [-0.1, -0.05) is 0 Å². The van der Waals surface area contributed by atoms with Gasteiger partial charge in [0.25, 0.3) is 0 Å². The topological polar surface area (TPSA) is 55.7 Å². The quantitative estimate of drug-likeness (QED) is 0.717. The zero-order valence-electron chi connectivity index (χ0n) is 8.91. The van der Waals surface area contributed by atoms with Crippen molar-refractivity contribution >= 4 is 15.9 Å². The lowest BCUT2D eigenvalue weighted by Crippen LogP contribution is -2.42. The molecule has 88 valence electrons. The van der Waals surface area contributed by atoms with Crippen molar-refractivity contribution in [1.29, 1.82) is 0 Å². The fourth-order valence-corrected chi connectivity index (χ4v) is 2.36. The standard InChI is InChI=1S/C11H15BrN2O2/c12-9-5-8(6-10(15)11(9)16)7-14-3-1-13-2-4-14/h5-6,13,15-16H,1-4,7H2. The third-order valence-corrected chi connectivity index (χ3v) is 3.32. The Labute approximate surface area is 103 Å². The third kappa shape index (κ3) is 2.66. The molecule has 0 aliphatic carbocycles. The summed E-state index contributed by atoms with van der Waals surface area (Å²) in [5.41, 5.74) is 1.00. The molecule has 4 nitrogen and oxygen atoms in total. The van der Waals surface area contributed by atoms with Crippen LogP contribution in [0.1, 0.15) is 5.56 Å². The molecule has 1 fully saturated rings. The number of nitrogens with zero attached hydrogens (tertiary/aromatic N) is 1. The molecule has 1 aliphatic heterocycles. The number of hydrogen-bond donors (Lipinski definition) is 3. The van der Waals surface area contributed by atoms with E-state index < -0.39 is 0 Å². The molecule has 0 bridgehead atoms. The van der Waals surface area contributed by atoms with Gasteiger partial charge in [0.05, 0.1) is 4.47 Å². The summed E-state index contributed by atoms with van der Waals surface area (Å²) in [6.45, 7) is 4.84. The van der Waals surface area contributed by atoms with Crippen molar-refractivity contribution in [3.8, 4) is 11.5 Å². The molecule has 5 heteroatoms. The van der Waals surface area contributed by atoms with Crippen molar-refractivity contribution in [2.24, 2.45) is 0 Å². The first-order chi connectivity index (χ1) is 7.66. The molecular weight excluding hydrogens is 272 g/mol. The minimum Gasteiger partial charge on any atom is -0.504 e. The first-order valence-corrected chi connectivity index (χ1v) is 6.09. The molecule has 0 radical (unpaired) electrons. The van der Waals surface area contributed by atoms with Gasteiger partial charge in [0, 0.05) is 32.7 Å². The number of phenolic OH excluding ortho intramolecular Hbond substituents is 2. The largest absolute Gasteiger partial charge is 0.504 e. The van der Waals surface area contributed by atoms with E-state index in [-0.39, 0.29) is 11.5 Å². The fraction of sp³-hybridized carbons (Fsp3) is 0.455. The Balaban J connectivity index is 2.09. The van der Waals surface area contributed by atoms with E-state index in [1.165, 1.54) is 0 Å². The second-order valence-electron chi connectivity index (χ2n) is 3.97. The Morgan fingerprint density at radius 2 is 1.94 bits per heavy atom. The highest BCUT2D eigenvalue weighted by Gasteiger charge is 2.12. The highest BCUT2D eigenvalue weighted by molar-refractivity contribution is 9.10. The van der Waals surface area contributed by atoms with Gasteiger partial charge in [-0.3, -0.25) is 4.90 Å². The number of nitrogens with one attached hydrogen (secondary N) is 1. The van der Waals surface area contributed by atoms with E-state index in [9.17, 15) is 10.2 Å². The van der Waals surface area contributed by atoms with Gasteiger partial charge in [0.2, 0.25) is 0 Å². The first-order valence-electron chi connectivity index (χ1n) is 5.30. The second-order valence-corrected chi connectivity index (χ2v) is 4.83. The van der Waals surface area contributed by atoms with Crippen molar-refractivity contribution < 1.29 is 10.2 Å². The van der Waals surface area contributed by atoms with Gasteiger partial charge in [0.15, 0.2) is 11.5 Å². The third-order valence-electron chi connectivity index (χ3n) is 2.72. The Morgan fingerprint density at radius 1 is 1.25 bits per heavy atom. The normalized spacial score (nSPS) is 17.6. The van der Waals surface area contributed by atoms with E-state index in [2.05, 4.69) is 26.1 Å². The Hall–Kier alpha value is -0.780. The summed E-state index contributed by atoms with van der Waals surface area (Å²) in [6, 6.07) is 3.46. The minimum absolute atomic E-state index is 0.0699. The lowest BCUT2D eigenvalue weighted by atomic mass is 10.2. The summed E-state index contributed by atoms with van der Waals surface area (Å²) in [5.74, 6) is -0.163. The van der Waals surface area contributed by atoms with Crippen LogP contribution in [0.3, 0.4) is 0 Å². The number of phenols is 2. The van der Waals surface area contributed by atoms with Crippen molar-refractivity contribution in [2.45, 2.75) is 6.54 Å². The predicted molar refractivity (Wildman–Crippen MR) is 65.6 cm³/mol. The van der Waals surface area contributed by atoms with Crippen molar-refractivity contribution in [2.75, 3.05) is 26.2 Å². The van der Waals surface area contributed by atoms with E-state index in [1.54, 1.807) is 6.07 Å². The van der Waals surface area contributed by atoms with Gasteiger partial charge in [0.1, 0.15) is 0 Å². The van der Waals surface area contributed by atoms with Crippen molar-refractivity contribution in [3.63, 3.8) is 0 Å². The fourth-order valence-electron chi connectivity index (χ4n) is 1.86. The smallest absolute Gasteiger partial charge is 0.171 e. The summed E-state index contributed by atoms with van der Waals surface area (Å²) in [5, 5.41) is 22.2. The molecule has 16 heavy (non-hydrogen) atoms. The van der Waals surface area contributed by atoms with Gasteiger partial charge in [-0.05, 0) is 33.6 Å². The van der Waals surface area contributed by atoms with E-state index in [0.29, 0.717) is 4.47 Å². The van der Waals surface area contributed by atoms with E-state index >= 15 is 0 Å². The molecule has 0 saturated carbocycles. The summed E-state index contributed by atoms with van der Waals surface area (Å²) >= 11 is 3.22. The minimum atomic E-state index is -0.0935. The van der Waals surface area contributed by atoms with Crippen LogP contribution >= 0.6 is 15.9 Å². The van der Waals surface area contributed by atoms with Crippen LogP contribution < -0.4 is 5.32 Å². The zero-order valence-corrected chi connectivity index (χ0v) is 10.5. The Morgan fingerprint density at radius 3 is 2.56 bits per heavy atom. The number of hydrogen-bond acceptors (Lipinski definition) is 4. The lowest BCUT2D eigenvalue weighted by molar-refractivity contribution is 0.233. The molecule has 1 heterocycles. The molecule has 1 aromatic carbocycles. The van der Waals surface area contributed by atoms with Crippen LogP contribution in [0.15, 0.2) is 16.6 Å². The molecule has 0 spiro atoms. The molecule has 3 N–H and O–H groups in total. The van der Waals surface area contributed by atoms with Crippen LogP contribution in [0.25, 0.3) is 0 Å². The van der Waals surface area contributed by atoms with Gasteiger partial charge < -0.3 is 15.5 Å². The van der Waals surface area contributed by atoms with Crippen LogP contribution in [0.2, 0.25) is 0 Å². The molecule has 0 aromatic heterocycles. The first kappa shape index (κ1) is 11.7. The zero-order chi connectivity index (χ0) is 11.5. The number of aromatic hydroxyl groups is 2. The molecule has 0 unspecified atom stereocenters. The lowest BCUT2D eigenvalue weighted by Gasteiger charge is -2.27. The van der Waals surface area contributed by atoms with Crippen LogP contribution in [0.5, 0.6) is 11.5 Å². The van der Waals surface area contributed by atoms with Crippen LogP contribution in [-0.4, -0.2) is 41.3 Å². The Bertz CT molecular complexity index is 355. The monoisotopic (exact) mass is 286 g/mol. The number of piperazine rings is 1. The van der Waals surface area contributed by atoms with Gasteiger partial charge in [-0.2, -0.15) is 0 Å². The molecule has 0 atom stereocenters. The molecule has 2 rings (SSSR count). The summed E-state index contributed by atoms with van der Waals surface area (Å²) in [4.78, 5) is 2.31. The maximum atomic E-state index is 9.50. The van der Waals surface area contributed by atoms with Gasteiger partial charge in [-0.25, -0.2) is 0 Å². The average Bonchev–Trinajstić information content (AvgIpc) is 2.27. The summed E-state index contributed by atoms with van der Waals surface area (Å²) in [6.07, 6.45) is 0. The number of rotatable bonds is 2. The highest BCUT2D eigenvalue weighted by atomic mass is 79.9. The Kier molecular flexibility index (Phi) is 3.68. The van der Waals surface area contributed by atoms with Crippen molar-refractivity contribution in [3.05, 3.63) is 22.2 Å². The highest BCUT2D eigenvalue weighted by Crippen LogP contribution is 2.34. The molecule has 1 aliphatic rings. The van der Waals surface area contributed by atoms with Gasteiger partial charge >= 0.3 is 0 Å². The maximum absolute atomic E-state index is 9.50. The SMILES string of the molecule is Oc1cc(CN2CCNCC2)cc(Br)c1O. The summed E-state index contributed by atoms with van der Waals surface area (Å²) < 4.78 is 0.539. The maximum Gasteiger partial charge on any atom is 0.171 e. The average molecular weight is 287 g/mol. The van der Waals surface area contributed by atoms with E-state index in [1.807, 2.05) is 6.07 Å². The number of halogens is 1. The van der Waals surface area contributed by atoms with Gasteiger partial charge in [-0.15, -0.1) is 0 Å². The van der Waals surface area contributed by atoms with E-state index in [0.717, 1.165) is 38.3 Å². The molecule has 0 amide bonds. The summed E-state index contributed by atoms with van der Waals surface area (Å²) in [7, 11) is 0. The predicted octanol–water partition coefficient (Wildman–Crippen LogP) is 1.27. The number of benzene rings is 1. The van der Waals surface area contributed by atoms with E-state index in [4.69, 9.17) is 0 Å². The van der Waals surface area contributed by atoms with Crippen molar-refractivity contribution in [1.82, 2.24) is 10.2 Å².